The highest BCUT2D eigenvalue weighted by molar-refractivity contribution is 5.57. The van der Waals surface area contributed by atoms with E-state index in [2.05, 4.69) is 4.90 Å². The predicted molar refractivity (Wildman–Crippen MR) is 73.7 cm³/mol. The molecule has 0 spiro atoms. The summed E-state index contributed by atoms with van der Waals surface area (Å²) >= 11 is 0. The van der Waals surface area contributed by atoms with Gasteiger partial charge in [0.1, 0.15) is 17.8 Å². The molecule has 1 aliphatic rings. The van der Waals surface area contributed by atoms with Crippen LogP contribution in [0.1, 0.15) is 24.8 Å². The molecule has 0 amide bonds. The van der Waals surface area contributed by atoms with Crippen LogP contribution in [0.5, 0.6) is 11.5 Å². The van der Waals surface area contributed by atoms with Gasteiger partial charge in [0, 0.05) is 12.1 Å². The molecule has 0 aromatic heterocycles. The number of likely N-dealkylation sites (tertiary alicyclic amines) is 1. The van der Waals surface area contributed by atoms with Crippen molar-refractivity contribution in [3.63, 3.8) is 0 Å². The lowest BCUT2D eigenvalue weighted by Gasteiger charge is -2.32. The number of ether oxygens (including phenoxy) is 2. The zero-order valence-electron chi connectivity index (χ0n) is 11.6. The van der Waals surface area contributed by atoms with E-state index in [-0.39, 0.29) is 6.04 Å². The molecule has 4 nitrogen and oxygen atoms in total. The Balaban J connectivity index is 2.18. The monoisotopic (exact) mass is 263 g/mol. The lowest BCUT2D eigenvalue weighted by Crippen LogP contribution is -2.39. The van der Waals surface area contributed by atoms with Gasteiger partial charge in [0.25, 0.3) is 0 Å². The van der Waals surface area contributed by atoms with Crippen molar-refractivity contribution in [2.24, 2.45) is 0 Å². The Kier molecular flexibility index (Phi) is 4.80. The van der Waals surface area contributed by atoms with E-state index < -0.39 is 0 Å². The standard InChI is InChI=1S/C15H21NO3/c1-18-14-6-7-15(19-2)12(9-14)10-16-8-4-3-5-13(16)11-17/h6-7,9,11,13H,3-5,8,10H2,1-2H3. The summed E-state index contributed by atoms with van der Waals surface area (Å²) in [6.07, 6.45) is 4.30. The number of carbonyl (C=O) groups is 1. The minimum Gasteiger partial charge on any atom is -0.497 e. The fourth-order valence-corrected chi connectivity index (χ4v) is 2.59. The van der Waals surface area contributed by atoms with Crippen molar-refractivity contribution in [1.82, 2.24) is 4.90 Å². The molecule has 0 bridgehead atoms. The molecule has 1 saturated heterocycles. The van der Waals surface area contributed by atoms with Crippen LogP contribution in [0.15, 0.2) is 18.2 Å². The Morgan fingerprint density at radius 2 is 2.16 bits per heavy atom. The molecule has 104 valence electrons. The van der Waals surface area contributed by atoms with Gasteiger partial charge in [-0.1, -0.05) is 6.42 Å². The van der Waals surface area contributed by atoms with Crippen LogP contribution in [0.25, 0.3) is 0 Å². The van der Waals surface area contributed by atoms with Gasteiger partial charge in [-0.3, -0.25) is 4.90 Å². The summed E-state index contributed by atoms with van der Waals surface area (Å²) in [7, 11) is 3.32. The van der Waals surface area contributed by atoms with Gasteiger partial charge in [-0.05, 0) is 37.6 Å². The first kappa shape index (κ1) is 13.9. The Hall–Kier alpha value is -1.55. The third kappa shape index (κ3) is 3.26. The first-order valence-electron chi connectivity index (χ1n) is 6.68. The molecular weight excluding hydrogens is 242 g/mol. The zero-order valence-corrected chi connectivity index (χ0v) is 11.6. The highest BCUT2D eigenvalue weighted by Crippen LogP contribution is 2.27. The maximum Gasteiger partial charge on any atom is 0.137 e. The van der Waals surface area contributed by atoms with Crippen molar-refractivity contribution in [2.75, 3.05) is 20.8 Å². The molecule has 0 aliphatic carbocycles. The van der Waals surface area contributed by atoms with Crippen molar-refractivity contribution in [2.45, 2.75) is 31.8 Å². The maximum absolute atomic E-state index is 11.1. The number of nitrogens with zero attached hydrogens (tertiary/aromatic N) is 1. The van der Waals surface area contributed by atoms with E-state index in [0.717, 1.165) is 55.7 Å². The van der Waals surface area contributed by atoms with Crippen LogP contribution in [0.3, 0.4) is 0 Å². The Bertz CT molecular complexity index is 433. The molecule has 19 heavy (non-hydrogen) atoms. The molecule has 0 saturated carbocycles. The fourth-order valence-electron chi connectivity index (χ4n) is 2.59. The van der Waals surface area contributed by atoms with Crippen molar-refractivity contribution < 1.29 is 14.3 Å². The zero-order chi connectivity index (χ0) is 13.7. The molecule has 0 N–H and O–H groups in total. The van der Waals surface area contributed by atoms with Crippen LogP contribution >= 0.6 is 0 Å². The van der Waals surface area contributed by atoms with E-state index in [4.69, 9.17) is 9.47 Å². The van der Waals surface area contributed by atoms with Crippen molar-refractivity contribution in [1.29, 1.82) is 0 Å². The lowest BCUT2D eigenvalue weighted by molar-refractivity contribution is -0.113. The van der Waals surface area contributed by atoms with Gasteiger partial charge in [0.05, 0.1) is 20.3 Å². The summed E-state index contributed by atoms with van der Waals surface area (Å²) in [5, 5.41) is 0. The van der Waals surface area contributed by atoms with Gasteiger partial charge in [-0.2, -0.15) is 0 Å². The van der Waals surface area contributed by atoms with Crippen LogP contribution in [-0.4, -0.2) is 38.0 Å². The summed E-state index contributed by atoms with van der Waals surface area (Å²) in [5.41, 5.74) is 1.07. The number of rotatable bonds is 5. The number of hydrogen-bond donors (Lipinski definition) is 0. The minimum absolute atomic E-state index is 0.0321. The fraction of sp³-hybridized carbons (Fsp3) is 0.533. The summed E-state index contributed by atoms with van der Waals surface area (Å²) in [5.74, 6) is 1.66. The molecule has 2 rings (SSSR count). The second kappa shape index (κ2) is 6.57. The van der Waals surface area contributed by atoms with Crippen LogP contribution in [0.2, 0.25) is 0 Å². The van der Waals surface area contributed by atoms with Crippen LogP contribution in [-0.2, 0) is 11.3 Å². The number of hydrogen-bond acceptors (Lipinski definition) is 4. The predicted octanol–water partition coefficient (Wildman–Crippen LogP) is 2.26. The second-order valence-corrected chi connectivity index (χ2v) is 4.85. The van der Waals surface area contributed by atoms with Crippen molar-refractivity contribution in [3.05, 3.63) is 23.8 Å². The van der Waals surface area contributed by atoms with Crippen LogP contribution < -0.4 is 9.47 Å². The van der Waals surface area contributed by atoms with E-state index in [1.165, 1.54) is 0 Å². The van der Waals surface area contributed by atoms with Gasteiger partial charge in [-0.15, -0.1) is 0 Å². The Labute approximate surface area is 114 Å². The van der Waals surface area contributed by atoms with E-state index in [1.54, 1.807) is 14.2 Å². The lowest BCUT2D eigenvalue weighted by atomic mass is 10.0. The van der Waals surface area contributed by atoms with Gasteiger partial charge in [-0.25, -0.2) is 0 Å². The maximum atomic E-state index is 11.1. The molecule has 4 heteroatoms. The average Bonchev–Trinajstić information content (AvgIpc) is 2.47. The Morgan fingerprint density at radius 1 is 1.32 bits per heavy atom. The van der Waals surface area contributed by atoms with Crippen molar-refractivity contribution >= 4 is 6.29 Å². The molecule has 1 unspecified atom stereocenters. The SMILES string of the molecule is COc1ccc(OC)c(CN2CCCCC2C=O)c1. The highest BCUT2D eigenvalue weighted by Gasteiger charge is 2.22. The third-order valence-corrected chi connectivity index (χ3v) is 3.68. The summed E-state index contributed by atoms with van der Waals surface area (Å²) < 4.78 is 10.6. The minimum atomic E-state index is 0.0321. The summed E-state index contributed by atoms with van der Waals surface area (Å²) in [4.78, 5) is 13.4. The number of carbonyl (C=O) groups excluding carboxylic acids is 1. The first-order chi connectivity index (χ1) is 9.28. The molecule has 1 fully saturated rings. The number of benzene rings is 1. The summed E-state index contributed by atoms with van der Waals surface area (Å²) in [6, 6.07) is 5.81. The third-order valence-electron chi connectivity index (χ3n) is 3.68. The molecule has 1 heterocycles. The van der Waals surface area contributed by atoms with Crippen LogP contribution in [0.4, 0.5) is 0 Å². The number of methoxy groups -OCH3 is 2. The van der Waals surface area contributed by atoms with Gasteiger partial charge in [0.2, 0.25) is 0 Å². The first-order valence-corrected chi connectivity index (χ1v) is 6.68. The van der Waals surface area contributed by atoms with Crippen LogP contribution in [0, 0.1) is 0 Å². The van der Waals surface area contributed by atoms with Crippen molar-refractivity contribution in [3.8, 4) is 11.5 Å². The topological polar surface area (TPSA) is 38.8 Å². The molecule has 1 aliphatic heterocycles. The molecule has 1 atom stereocenters. The highest BCUT2D eigenvalue weighted by atomic mass is 16.5. The van der Waals surface area contributed by atoms with Gasteiger partial charge in [0.15, 0.2) is 0 Å². The Morgan fingerprint density at radius 3 is 2.84 bits per heavy atom. The second-order valence-electron chi connectivity index (χ2n) is 4.85. The summed E-state index contributed by atoms with van der Waals surface area (Å²) in [6.45, 7) is 1.69. The molecule has 1 aromatic rings. The number of aldehydes is 1. The quantitative estimate of drug-likeness (QED) is 0.764. The van der Waals surface area contributed by atoms with Gasteiger partial charge < -0.3 is 14.3 Å². The van der Waals surface area contributed by atoms with E-state index >= 15 is 0 Å². The number of piperidine rings is 1. The van der Waals surface area contributed by atoms with E-state index in [1.807, 2.05) is 18.2 Å². The average molecular weight is 263 g/mol. The molecular formula is C15H21NO3. The van der Waals surface area contributed by atoms with E-state index in [0.29, 0.717) is 0 Å². The van der Waals surface area contributed by atoms with Gasteiger partial charge >= 0.3 is 0 Å². The smallest absolute Gasteiger partial charge is 0.137 e. The van der Waals surface area contributed by atoms with E-state index in [9.17, 15) is 4.79 Å². The normalized spacial score (nSPS) is 20.0. The largest absolute Gasteiger partial charge is 0.497 e. The molecule has 0 radical (unpaired) electrons. The molecule has 1 aromatic carbocycles.